The summed E-state index contributed by atoms with van der Waals surface area (Å²) in [4.78, 5) is 9.55. The number of rotatable bonds is 6. The molecule has 1 aliphatic heterocycles. The van der Waals surface area contributed by atoms with Crippen molar-refractivity contribution < 1.29 is 8.42 Å². The summed E-state index contributed by atoms with van der Waals surface area (Å²) in [6.07, 6.45) is 6.89. The quantitative estimate of drug-likeness (QED) is 0.801. The number of hydrogen-bond acceptors (Lipinski definition) is 4. The number of aromatic amines is 1. The molecule has 6 nitrogen and oxygen atoms in total. The highest BCUT2D eigenvalue weighted by Crippen LogP contribution is 2.23. The van der Waals surface area contributed by atoms with Gasteiger partial charge in [0.25, 0.3) is 0 Å². The normalized spacial score (nSPS) is 24.9. The zero-order valence-electron chi connectivity index (χ0n) is 11.5. The van der Waals surface area contributed by atoms with Crippen molar-refractivity contribution in [3.63, 3.8) is 0 Å². The molecule has 2 atom stereocenters. The second kappa shape index (κ2) is 6.02. The van der Waals surface area contributed by atoms with E-state index in [0.717, 1.165) is 38.3 Å². The Balaban J connectivity index is 1.98. The van der Waals surface area contributed by atoms with Crippen LogP contribution in [0.2, 0.25) is 0 Å². The molecule has 1 aliphatic rings. The Bertz CT molecular complexity index is 486. The van der Waals surface area contributed by atoms with Crippen LogP contribution in [0.4, 0.5) is 0 Å². The van der Waals surface area contributed by atoms with Gasteiger partial charge in [-0.1, -0.05) is 13.3 Å². The summed E-state index contributed by atoms with van der Waals surface area (Å²) in [6.45, 7) is 4.54. The van der Waals surface area contributed by atoms with E-state index in [0.29, 0.717) is 5.92 Å². The van der Waals surface area contributed by atoms with Gasteiger partial charge in [-0.15, -0.1) is 0 Å². The van der Waals surface area contributed by atoms with Crippen molar-refractivity contribution in [3.05, 3.63) is 18.2 Å². The number of nitrogens with one attached hydrogen (secondary N) is 2. The van der Waals surface area contributed by atoms with E-state index in [1.807, 2.05) is 0 Å². The van der Waals surface area contributed by atoms with Crippen molar-refractivity contribution in [3.8, 4) is 0 Å². The Morgan fingerprint density at radius 3 is 2.89 bits per heavy atom. The van der Waals surface area contributed by atoms with Gasteiger partial charge in [-0.25, -0.2) is 18.1 Å². The Kier molecular flexibility index (Phi) is 4.59. The number of aromatic nitrogens is 2. The monoisotopic (exact) mass is 286 g/mol. The van der Waals surface area contributed by atoms with E-state index in [1.54, 1.807) is 12.4 Å². The third kappa shape index (κ3) is 4.29. The minimum atomic E-state index is -3.14. The lowest BCUT2D eigenvalue weighted by Crippen LogP contribution is -2.39. The van der Waals surface area contributed by atoms with Gasteiger partial charge >= 0.3 is 0 Å². The third-order valence-electron chi connectivity index (χ3n) is 3.47. The lowest BCUT2D eigenvalue weighted by Gasteiger charge is -2.17. The van der Waals surface area contributed by atoms with Crippen molar-refractivity contribution in [2.24, 2.45) is 5.92 Å². The van der Waals surface area contributed by atoms with Crippen LogP contribution in [0.15, 0.2) is 12.4 Å². The van der Waals surface area contributed by atoms with Gasteiger partial charge in [0, 0.05) is 31.5 Å². The van der Waals surface area contributed by atoms with Crippen molar-refractivity contribution in [2.75, 3.05) is 19.3 Å². The fraction of sp³-hybridized carbons (Fsp3) is 0.750. The lowest BCUT2D eigenvalue weighted by molar-refractivity contribution is 0.305. The molecule has 2 rings (SSSR count). The molecule has 2 heterocycles. The molecule has 7 heteroatoms. The first-order valence-electron chi connectivity index (χ1n) is 6.66. The molecule has 0 spiro atoms. The standard InChI is InChI=1S/C12H22N4O2S/c1-3-4-10-7-16(9-12-13-5-6-14-12)8-11(10)15-19(2,17)18/h5-6,10-11,15H,3-4,7-9H2,1-2H3,(H,13,14)/t10-,11-/m1/s1. The van der Waals surface area contributed by atoms with Crippen LogP contribution in [0.1, 0.15) is 25.6 Å². The van der Waals surface area contributed by atoms with E-state index >= 15 is 0 Å². The zero-order valence-corrected chi connectivity index (χ0v) is 12.3. The van der Waals surface area contributed by atoms with Crippen molar-refractivity contribution in [1.29, 1.82) is 0 Å². The van der Waals surface area contributed by atoms with Crippen LogP contribution < -0.4 is 4.72 Å². The van der Waals surface area contributed by atoms with Gasteiger partial charge in [0.1, 0.15) is 5.82 Å². The van der Waals surface area contributed by atoms with Crippen molar-refractivity contribution in [1.82, 2.24) is 19.6 Å². The van der Waals surface area contributed by atoms with E-state index in [9.17, 15) is 8.42 Å². The molecule has 2 N–H and O–H groups in total. The van der Waals surface area contributed by atoms with E-state index in [-0.39, 0.29) is 6.04 Å². The molecule has 108 valence electrons. The van der Waals surface area contributed by atoms with Crippen molar-refractivity contribution in [2.45, 2.75) is 32.4 Å². The Morgan fingerprint density at radius 1 is 1.53 bits per heavy atom. The van der Waals surface area contributed by atoms with E-state index in [4.69, 9.17) is 0 Å². The first-order chi connectivity index (χ1) is 8.98. The van der Waals surface area contributed by atoms with Crippen LogP contribution in [0.25, 0.3) is 0 Å². The van der Waals surface area contributed by atoms with E-state index in [2.05, 4.69) is 26.5 Å². The summed E-state index contributed by atoms with van der Waals surface area (Å²) >= 11 is 0. The number of hydrogen-bond donors (Lipinski definition) is 2. The molecule has 19 heavy (non-hydrogen) atoms. The molecule has 1 saturated heterocycles. The van der Waals surface area contributed by atoms with Gasteiger partial charge in [0.15, 0.2) is 0 Å². The Morgan fingerprint density at radius 2 is 2.32 bits per heavy atom. The molecule has 0 radical (unpaired) electrons. The second-order valence-electron chi connectivity index (χ2n) is 5.28. The topological polar surface area (TPSA) is 78.1 Å². The molecule has 0 amide bonds. The number of likely N-dealkylation sites (tertiary alicyclic amines) is 1. The summed E-state index contributed by atoms with van der Waals surface area (Å²) in [7, 11) is -3.14. The molecule has 0 aliphatic carbocycles. The molecule has 0 unspecified atom stereocenters. The van der Waals surface area contributed by atoms with Gasteiger partial charge in [-0.05, 0) is 12.3 Å². The highest BCUT2D eigenvalue weighted by atomic mass is 32.2. The fourth-order valence-electron chi connectivity index (χ4n) is 2.76. The molecular formula is C12H22N4O2S. The van der Waals surface area contributed by atoms with Gasteiger partial charge in [-0.2, -0.15) is 0 Å². The highest BCUT2D eigenvalue weighted by molar-refractivity contribution is 7.88. The molecular weight excluding hydrogens is 264 g/mol. The number of nitrogens with zero attached hydrogens (tertiary/aromatic N) is 2. The highest BCUT2D eigenvalue weighted by Gasteiger charge is 2.33. The third-order valence-corrected chi connectivity index (χ3v) is 4.20. The second-order valence-corrected chi connectivity index (χ2v) is 7.06. The van der Waals surface area contributed by atoms with E-state index < -0.39 is 10.0 Å². The zero-order chi connectivity index (χ0) is 13.9. The van der Waals surface area contributed by atoms with Gasteiger partial charge < -0.3 is 4.98 Å². The number of H-pyrrole nitrogens is 1. The average molecular weight is 286 g/mol. The number of sulfonamides is 1. The van der Waals surface area contributed by atoms with Gasteiger partial charge in [-0.3, -0.25) is 4.90 Å². The molecule has 1 fully saturated rings. The van der Waals surface area contributed by atoms with E-state index in [1.165, 1.54) is 6.26 Å². The molecule has 0 saturated carbocycles. The SMILES string of the molecule is CCC[C@@H]1CN(Cc2ncc[nH]2)C[C@H]1NS(C)(=O)=O. The Labute approximate surface area is 114 Å². The number of imidazole rings is 1. The summed E-state index contributed by atoms with van der Waals surface area (Å²) in [6, 6.07) is 0.0184. The van der Waals surface area contributed by atoms with Crippen LogP contribution in [-0.4, -0.2) is 48.7 Å². The summed E-state index contributed by atoms with van der Waals surface area (Å²) in [5, 5.41) is 0. The molecule has 1 aromatic rings. The summed E-state index contributed by atoms with van der Waals surface area (Å²) in [5.41, 5.74) is 0. The first kappa shape index (κ1) is 14.5. The minimum absolute atomic E-state index is 0.0184. The predicted molar refractivity (Wildman–Crippen MR) is 74.0 cm³/mol. The van der Waals surface area contributed by atoms with Crippen LogP contribution >= 0.6 is 0 Å². The predicted octanol–water partition coefficient (Wildman–Crippen LogP) is 0.559. The van der Waals surface area contributed by atoms with Gasteiger partial charge in [0.2, 0.25) is 10.0 Å². The maximum atomic E-state index is 11.4. The minimum Gasteiger partial charge on any atom is -0.348 e. The molecule has 0 bridgehead atoms. The maximum Gasteiger partial charge on any atom is 0.209 e. The smallest absolute Gasteiger partial charge is 0.209 e. The van der Waals surface area contributed by atoms with Gasteiger partial charge in [0.05, 0.1) is 12.8 Å². The fourth-order valence-corrected chi connectivity index (χ4v) is 3.57. The van der Waals surface area contributed by atoms with Crippen LogP contribution in [0.3, 0.4) is 0 Å². The average Bonchev–Trinajstić information content (AvgIpc) is 2.89. The largest absolute Gasteiger partial charge is 0.348 e. The summed E-state index contributed by atoms with van der Waals surface area (Å²) in [5.74, 6) is 1.31. The lowest BCUT2D eigenvalue weighted by atomic mass is 9.99. The first-order valence-corrected chi connectivity index (χ1v) is 8.55. The van der Waals surface area contributed by atoms with Crippen LogP contribution in [0.5, 0.6) is 0 Å². The van der Waals surface area contributed by atoms with Crippen molar-refractivity contribution >= 4 is 10.0 Å². The molecule has 1 aromatic heterocycles. The summed E-state index contributed by atoms with van der Waals surface area (Å²) < 4.78 is 25.6. The molecule has 0 aromatic carbocycles. The maximum absolute atomic E-state index is 11.4. The van der Waals surface area contributed by atoms with Crippen LogP contribution in [0, 0.1) is 5.92 Å². The van der Waals surface area contributed by atoms with Crippen LogP contribution in [-0.2, 0) is 16.6 Å². The Hall–Kier alpha value is -0.920.